The average Bonchev–Trinajstić information content (AvgIpc) is 3.28. The third-order valence-electron chi connectivity index (χ3n) is 4.06. The molecule has 0 aliphatic rings. The summed E-state index contributed by atoms with van der Waals surface area (Å²) in [6.45, 7) is 2.06. The normalized spacial score (nSPS) is 11.5. The maximum Gasteiger partial charge on any atom is 0.235 e. The van der Waals surface area contributed by atoms with E-state index < -0.39 is 0 Å². The van der Waals surface area contributed by atoms with Gasteiger partial charge in [0.1, 0.15) is 5.58 Å². The molecule has 116 valence electrons. The fourth-order valence-electron chi connectivity index (χ4n) is 2.85. The van der Waals surface area contributed by atoms with E-state index in [1.807, 2.05) is 48.5 Å². The quantitative estimate of drug-likeness (QED) is 0.475. The largest absolute Gasteiger partial charge is 0.453 e. The number of benzene rings is 2. The van der Waals surface area contributed by atoms with Crippen molar-refractivity contribution in [2.24, 2.45) is 0 Å². The zero-order chi connectivity index (χ0) is 16.1. The Labute approximate surface area is 141 Å². The number of hydrogen-bond acceptors (Lipinski definition) is 5. The Morgan fingerprint density at radius 3 is 2.58 bits per heavy atom. The van der Waals surface area contributed by atoms with E-state index in [4.69, 9.17) is 9.52 Å². The third kappa shape index (κ3) is 1.90. The molecule has 0 unspecified atom stereocenters. The van der Waals surface area contributed by atoms with E-state index in [-0.39, 0.29) is 0 Å². The Hall–Kier alpha value is -2.99. The van der Waals surface area contributed by atoms with Crippen LogP contribution in [-0.4, -0.2) is 19.8 Å². The third-order valence-corrected chi connectivity index (χ3v) is 4.96. The van der Waals surface area contributed by atoms with Crippen molar-refractivity contribution in [2.75, 3.05) is 0 Å². The highest BCUT2D eigenvalue weighted by atomic mass is 32.1. The highest BCUT2D eigenvalue weighted by molar-refractivity contribution is 7.19. The van der Waals surface area contributed by atoms with Gasteiger partial charge in [-0.1, -0.05) is 59.9 Å². The van der Waals surface area contributed by atoms with Gasteiger partial charge >= 0.3 is 0 Å². The van der Waals surface area contributed by atoms with Gasteiger partial charge in [-0.05, 0) is 13.0 Å². The summed E-state index contributed by atoms with van der Waals surface area (Å²) in [5.41, 5.74) is 2.96. The second kappa shape index (κ2) is 5.01. The Morgan fingerprint density at radius 2 is 1.75 bits per heavy atom. The topological polar surface area (TPSA) is 56.2 Å². The first-order chi connectivity index (χ1) is 11.8. The number of rotatable bonds is 2. The molecule has 0 aliphatic carbocycles. The Bertz CT molecular complexity index is 1170. The molecule has 6 heteroatoms. The van der Waals surface area contributed by atoms with Crippen molar-refractivity contribution in [1.82, 2.24) is 19.8 Å². The highest BCUT2D eigenvalue weighted by Crippen LogP contribution is 2.35. The van der Waals surface area contributed by atoms with E-state index in [1.165, 1.54) is 11.3 Å². The number of aromatic nitrogens is 4. The lowest BCUT2D eigenvalue weighted by Gasteiger charge is -1.95. The second-order valence-corrected chi connectivity index (χ2v) is 6.50. The molecule has 0 fully saturated rings. The molecule has 5 nitrogen and oxygen atoms in total. The minimum atomic E-state index is 0.738. The van der Waals surface area contributed by atoms with Gasteiger partial charge in [-0.15, -0.1) is 15.3 Å². The van der Waals surface area contributed by atoms with E-state index in [2.05, 4.69) is 23.2 Å². The van der Waals surface area contributed by atoms with Crippen LogP contribution in [0, 0.1) is 6.92 Å². The molecule has 0 N–H and O–H groups in total. The predicted molar refractivity (Wildman–Crippen MR) is 94.0 cm³/mol. The average molecular weight is 332 g/mol. The van der Waals surface area contributed by atoms with Crippen molar-refractivity contribution in [3.05, 3.63) is 60.2 Å². The molecular formula is C18H12N4OS. The van der Waals surface area contributed by atoms with Crippen LogP contribution in [0.25, 0.3) is 38.1 Å². The van der Waals surface area contributed by atoms with Crippen LogP contribution in [0.2, 0.25) is 0 Å². The monoisotopic (exact) mass is 332 g/mol. The number of para-hydroxylation sites is 1. The number of nitrogens with zero attached hydrogens (tertiary/aromatic N) is 4. The molecule has 5 rings (SSSR count). The molecule has 0 spiro atoms. The Morgan fingerprint density at radius 1 is 0.958 bits per heavy atom. The van der Waals surface area contributed by atoms with Gasteiger partial charge in [0.2, 0.25) is 4.96 Å². The van der Waals surface area contributed by atoms with Gasteiger partial charge in [0.15, 0.2) is 16.6 Å². The van der Waals surface area contributed by atoms with Crippen LogP contribution in [0.1, 0.15) is 5.56 Å². The Balaban J connectivity index is 1.71. The minimum absolute atomic E-state index is 0.738. The molecule has 0 saturated carbocycles. The first-order valence-electron chi connectivity index (χ1n) is 7.57. The minimum Gasteiger partial charge on any atom is -0.453 e. The van der Waals surface area contributed by atoms with Crippen LogP contribution in [0.3, 0.4) is 0 Å². The van der Waals surface area contributed by atoms with Crippen molar-refractivity contribution < 1.29 is 4.42 Å². The molecule has 0 radical (unpaired) electrons. The van der Waals surface area contributed by atoms with Crippen LogP contribution in [0.5, 0.6) is 0 Å². The fourth-order valence-corrected chi connectivity index (χ4v) is 3.73. The molecule has 0 aliphatic heterocycles. The molecule has 0 saturated heterocycles. The van der Waals surface area contributed by atoms with Crippen molar-refractivity contribution in [2.45, 2.75) is 6.92 Å². The molecular weight excluding hydrogens is 320 g/mol. The SMILES string of the molecule is Cc1c(-c2nn3c(-c4ccccc4)nnc3s2)oc2ccccc12. The number of furan rings is 1. The summed E-state index contributed by atoms with van der Waals surface area (Å²) >= 11 is 1.48. The molecule has 2 aromatic carbocycles. The maximum absolute atomic E-state index is 6.02. The van der Waals surface area contributed by atoms with Gasteiger partial charge in [-0.3, -0.25) is 0 Å². The fraction of sp³-hybridized carbons (Fsp3) is 0.0556. The van der Waals surface area contributed by atoms with Crippen LogP contribution in [-0.2, 0) is 0 Å². The standard InChI is InChI=1S/C18H12N4OS/c1-11-13-9-5-6-10-14(13)23-15(11)17-21-22-16(19-20-18(22)24-17)12-7-3-2-4-8-12/h2-10H,1H3. The van der Waals surface area contributed by atoms with Crippen molar-refractivity contribution in [3.63, 3.8) is 0 Å². The van der Waals surface area contributed by atoms with E-state index >= 15 is 0 Å². The summed E-state index contributed by atoms with van der Waals surface area (Å²) in [6, 6.07) is 18.0. The molecule has 24 heavy (non-hydrogen) atoms. The first-order valence-corrected chi connectivity index (χ1v) is 8.39. The number of hydrogen-bond donors (Lipinski definition) is 0. The molecule has 0 bridgehead atoms. The second-order valence-electron chi connectivity index (χ2n) is 5.54. The summed E-state index contributed by atoms with van der Waals surface area (Å²) in [5, 5.41) is 15.1. The summed E-state index contributed by atoms with van der Waals surface area (Å²) < 4.78 is 7.80. The lowest BCUT2D eigenvalue weighted by atomic mass is 10.1. The zero-order valence-electron chi connectivity index (χ0n) is 12.8. The van der Waals surface area contributed by atoms with Crippen molar-refractivity contribution >= 4 is 27.3 Å². The maximum atomic E-state index is 6.02. The van der Waals surface area contributed by atoms with Crippen molar-refractivity contribution in [1.29, 1.82) is 0 Å². The predicted octanol–water partition coefficient (Wildman–Crippen LogP) is 4.57. The van der Waals surface area contributed by atoms with Gasteiger partial charge < -0.3 is 4.42 Å². The summed E-state index contributed by atoms with van der Waals surface area (Å²) in [4.78, 5) is 0.753. The van der Waals surface area contributed by atoms with E-state index in [0.29, 0.717) is 0 Å². The highest BCUT2D eigenvalue weighted by Gasteiger charge is 2.19. The molecule has 5 aromatic rings. The lowest BCUT2D eigenvalue weighted by Crippen LogP contribution is -1.90. The Kier molecular flexibility index (Phi) is 2.80. The van der Waals surface area contributed by atoms with Crippen LogP contribution >= 0.6 is 11.3 Å². The van der Waals surface area contributed by atoms with E-state index in [9.17, 15) is 0 Å². The van der Waals surface area contributed by atoms with Gasteiger partial charge in [0.05, 0.1) is 0 Å². The molecule has 3 aromatic heterocycles. The van der Waals surface area contributed by atoms with Crippen LogP contribution < -0.4 is 0 Å². The number of fused-ring (bicyclic) bond motifs is 2. The van der Waals surface area contributed by atoms with Crippen LogP contribution in [0.4, 0.5) is 0 Å². The lowest BCUT2D eigenvalue weighted by molar-refractivity contribution is 0.626. The van der Waals surface area contributed by atoms with E-state index in [1.54, 1.807) is 4.52 Å². The molecule has 0 atom stereocenters. The first kappa shape index (κ1) is 13.4. The zero-order valence-corrected chi connectivity index (χ0v) is 13.6. The summed E-state index contributed by atoms with van der Waals surface area (Å²) in [7, 11) is 0. The smallest absolute Gasteiger partial charge is 0.235 e. The molecule has 3 heterocycles. The van der Waals surface area contributed by atoms with Gasteiger partial charge in [0, 0.05) is 16.5 Å². The van der Waals surface area contributed by atoms with Crippen LogP contribution in [0.15, 0.2) is 59.0 Å². The summed E-state index contributed by atoms with van der Waals surface area (Å²) in [5.74, 6) is 1.53. The van der Waals surface area contributed by atoms with Gasteiger partial charge in [0.25, 0.3) is 0 Å². The molecule has 0 amide bonds. The van der Waals surface area contributed by atoms with Gasteiger partial charge in [-0.25, -0.2) is 0 Å². The van der Waals surface area contributed by atoms with Crippen molar-refractivity contribution in [3.8, 4) is 22.2 Å². The summed E-state index contributed by atoms with van der Waals surface area (Å²) in [6.07, 6.45) is 0. The van der Waals surface area contributed by atoms with Gasteiger partial charge in [-0.2, -0.15) is 4.52 Å². The number of aryl methyl sites for hydroxylation is 1. The van der Waals surface area contributed by atoms with E-state index in [0.717, 1.165) is 43.6 Å².